The lowest BCUT2D eigenvalue weighted by atomic mass is 10.0. The first-order valence-corrected chi connectivity index (χ1v) is 10.3. The van der Waals surface area contributed by atoms with Crippen molar-refractivity contribution in [1.29, 1.82) is 0 Å². The van der Waals surface area contributed by atoms with Gasteiger partial charge in [-0.2, -0.15) is 5.10 Å². The molecule has 2 aromatic carbocycles. The van der Waals surface area contributed by atoms with Gasteiger partial charge in [0.2, 0.25) is 0 Å². The summed E-state index contributed by atoms with van der Waals surface area (Å²) in [5, 5.41) is 11.0. The van der Waals surface area contributed by atoms with E-state index in [4.69, 9.17) is 4.74 Å². The van der Waals surface area contributed by atoms with Crippen LogP contribution in [0.5, 0.6) is 5.75 Å². The molecular weight excluding hydrogens is 422 g/mol. The van der Waals surface area contributed by atoms with Crippen LogP contribution >= 0.6 is 0 Å². The van der Waals surface area contributed by atoms with Gasteiger partial charge in [-0.15, -0.1) is 5.10 Å². The zero-order valence-corrected chi connectivity index (χ0v) is 17.6. The Bertz CT molecular complexity index is 1280. The molecule has 0 aliphatic heterocycles. The van der Waals surface area contributed by atoms with Gasteiger partial charge in [-0.25, -0.2) is 9.36 Å². The van der Waals surface area contributed by atoms with Crippen LogP contribution in [0.4, 0.5) is 0 Å². The minimum Gasteiger partial charge on any atom is -0.484 e. The van der Waals surface area contributed by atoms with E-state index in [1.807, 2.05) is 18.2 Å². The van der Waals surface area contributed by atoms with Crippen LogP contribution in [0.1, 0.15) is 15.9 Å². The van der Waals surface area contributed by atoms with Crippen LogP contribution < -0.4 is 15.6 Å². The lowest BCUT2D eigenvalue weighted by Gasteiger charge is -2.10. The number of nitrogens with one attached hydrogen (secondary N) is 1. The average molecular weight is 443 g/mol. The zero-order valence-electron chi connectivity index (χ0n) is 17.6. The molecule has 0 bridgehead atoms. The number of ether oxygens (including phenoxy) is 1. The van der Waals surface area contributed by atoms with Crippen LogP contribution in [0.3, 0.4) is 0 Å². The number of carbonyl (C=O) groups is 2. The zero-order chi connectivity index (χ0) is 23.0. The highest BCUT2D eigenvalue weighted by molar-refractivity contribution is 6.08. The Kier molecular flexibility index (Phi) is 6.70. The number of ketones is 1. The normalized spacial score (nSPS) is 10.5. The molecule has 4 rings (SSSR count). The lowest BCUT2D eigenvalue weighted by molar-refractivity contribution is -0.123. The van der Waals surface area contributed by atoms with E-state index in [1.165, 1.54) is 10.7 Å². The molecule has 0 saturated heterocycles. The number of nitrogens with zero attached hydrogens (tertiary/aromatic N) is 4. The van der Waals surface area contributed by atoms with Crippen molar-refractivity contribution < 1.29 is 14.3 Å². The molecule has 0 fully saturated rings. The summed E-state index contributed by atoms with van der Waals surface area (Å²) in [7, 11) is 0. The molecular formula is C24H21N5O4. The van der Waals surface area contributed by atoms with Crippen LogP contribution in [-0.2, 0) is 11.3 Å². The maximum absolute atomic E-state index is 12.4. The number of rotatable bonds is 9. The van der Waals surface area contributed by atoms with E-state index in [1.54, 1.807) is 65.6 Å². The SMILES string of the molecule is O=C(COc1ccc(C(=O)c2ccccc2)cc1)NCCn1nc(-n2cccn2)ccc1=O. The highest BCUT2D eigenvalue weighted by Crippen LogP contribution is 2.15. The summed E-state index contributed by atoms with van der Waals surface area (Å²) < 4.78 is 8.29. The van der Waals surface area contributed by atoms with Gasteiger partial charge >= 0.3 is 0 Å². The quantitative estimate of drug-likeness (QED) is 0.396. The first-order valence-electron chi connectivity index (χ1n) is 10.3. The molecule has 2 heterocycles. The van der Waals surface area contributed by atoms with Crippen molar-refractivity contribution in [2.75, 3.05) is 13.2 Å². The van der Waals surface area contributed by atoms with E-state index >= 15 is 0 Å². The third-order valence-electron chi connectivity index (χ3n) is 4.76. The molecule has 0 spiro atoms. The Balaban J connectivity index is 1.25. The third-order valence-corrected chi connectivity index (χ3v) is 4.76. The molecule has 9 nitrogen and oxygen atoms in total. The van der Waals surface area contributed by atoms with E-state index in [0.717, 1.165) is 0 Å². The van der Waals surface area contributed by atoms with Crippen molar-refractivity contribution in [3.63, 3.8) is 0 Å². The highest BCUT2D eigenvalue weighted by atomic mass is 16.5. The van der Waals surface area contributed by atoms with Gasteiger partial charge in [0, 0.05) is 36.1 Å². The Hall–Kier alpha value is -4.53. The van der Waals surface area contributed by atoms with E-state index in [9.17, 15) is 14.4 Å². The molecule has 166 valence electrons. The van der Waals surface area contributed by atoms with E-state index in [0.29, 0.717) is 22.7 Å². The fraction of sp³-hybridized carbons (Fsp3) is 0.125. The van der Waals surface area contributed by atoms with Crippen LogP contribution in [0.2, 0.25) is 0 Å². The van der Waals surface area contributed by atoms with Crippen molar-refractivity contribution in [2.24, 2.45) is 0 Å². The summed E-state index contributed by atoms with van der Waals surface area (Å²) in [6.07, 6.45) is 3.34. The summed E-state index contributed by atoms with van der Waals surface area (Å²) in [6, 6.07) is 20.3. The molecule has 0 radical (unpaired) electrons. The molecule has 0 aliphatic rings. The first-order chi connectivity index (χ1) is 16.1. The Morgan fingerprint density at radius 1 is 0.909 bits per heavy atom. The minimum absolute atomic E-state index is 0.0830. The van der Waals surface area contributed by atoms with Crippen molar-refractivity contribution in [1.82, 2.24) is 24.9 Å². The lowest BCUT2D eigenvalue weighted by Crippen LogP contribution is -2.34. The number of hydrogen-bond donors (Lipinski definition) is 1. The summed E-state index contributed by atoms with van der Waals surface area (Å²) in [5.41, 5.74) is 0.865. The van der Waals surface area contributed by atoms with E-state index in [-0.39, 0.29) is 36.9 Å². The molecule has 0 atom stereocenters. The predicted molar refractivity (Wildman–Crippen MR) is 120 cm³/mol. The van der Waals surface area contributed by atoms with E-state index < -0.39 is 0 Å². The molecule has 9 heteroatoms. The van der Waals surface area contributed by atoms with Gasteiger partial charge in [0.05, 0.1) is 6.54 Å². The largest absolute Gasteiger partial charge is 0.484 e. The van der Waals surface area contributed by atoms with Crippen LogP contribution in [-0.4, -0.2) is 44.4 Å². The predicted octanol–water partition coefficient (Wildman–Crippen LogP) is 1.86. The van der Waals surface area contributed by atoms with Crippen LogP contribution in [0, 0.1) is 0 Å². The molecule has 1 amide bonds. The van der Waals surface area contributed by atoms with Crippen molar-refractivity contribution in [2.45, 2.75) is 6.54 Å². The van der Waals surface area contributed by atoms with Crippen molar-refractivity contribution in [3.05, 3.63) is 107 Å². The van der Waals surface area contributed by atoms with Gasteiger partial charge < -0.3 is 10.1 Å². The minimum atomic E-state index is -0.337. The topological polar surface area (TPSA) is 108 Å². The Morgan fingerprint density at radius 2 is 1.67 bits per heavy atom. The summed E-state index contributed by atoms with van der Waals surface area (Å²) >= 11 is 0. The smallest absolute Gasteiger partial charge is 0.266 e. The monoisotopic (exact) mass is 443 g/mol. The van der Waals surface area contributed by atoms with Gasteiger partial charge in [-0.3, -0.25) is 14.4 Å². The van der Waals surface area contributed by atoms with Gasteiger partial charge in [-0.05, 0) is 36.4 Å². The standard InChI is InChI=1S/C24H21N5O4/c30-22(25-14-16-29-23(31)12-11-21(27-29)28-15-4-13-26-28)17-33-20-9-7-19(8-10-20)24(32)18-5-2-1-3-6-18/h1-13,15H,14,16-17H2,(H,25,30). The molecule has 33 heavy (non-hydrogen) atoms. The summed E-state index contributed by atoms with van der Waals surface area (Å²) in [6.45, 7) is 0.222. The molecule has 4 aromatic rings. The molecule has 1 N–H and O–H groups in total. The Morgan fingerprint density at radius 3 is 2.39 bits per heavy atom. The van der Waals surface area contributed by atoms with Crippen molar-refractivity contribution >= 4 is 11.7 Å². The fourth-order valence-electron chi connectivity index (χ4n) is 3.08. The second-order valence-corrected chi connectivity index (χ2v) is 7.06. The number of aromatic nitrogens is 4. The number of carbonyl (C=O) groups excluding carboxylic acids is 2. The average Bonchev–Trinajstić information content (AvgIpc) is 3.39. The maximum Gasteiger partial charge on any atom is 0.266 e. The summed E-state index contributed by atoms with van der Waals surface area (Å²) in [4.78, 5) is 36.5. The van der Waals surface area contributed by atoms with Crippen LogP contribution in [0.15, 0.2) is 90.0 Å². The second kappa shape index (κ2) is 10.2. The van der Waals surface area contributed by atoms with Gasteiger partial charge in [-0.1, -0.05) is 30.3 Å². The highest BCUT2D eigenvalue weighted by Gasteiger charge is 2.09. The fourth-order valence-corrected chi connectivity index (χ4v) is 3.08. The van der Waals surface area contributed by atoms with Crippen LogP contribution in [0.25, 0.3) is 5.82 Å². The molecule has 2 aromatic heterocycles. The maximum atomic E-state index is 12.4. The molecule has 0 saturated carbocycles. The van der Waals surface area contributed by atoms with Gasteiger partial charge in [0.1, 0.15) is 5.75 Å². The van der Waals surface area contributed by atoms with E-state index in [2.05, 4.69) is 15.5 Å². The van der Waals surface area contributed by atoms with Gasteiger partial charge in [0.25, 0.3) is 11.5 Å². The third kappa shape index (κ3) is 5.59. The Labute approximate surface area is 189 Å². The van der Waals surface area contributed by atoms with Crippen molar-refractivity contribution in [3.8, 4) is 11.6 Å². The first kappa shape index (κ1) is 21.7. The molecule has 0 unspecified atom stereocenters. The summed E-state index contributed by atoms with van der Waals surface area (Å²) in [5.74, 6) is 0.555. The number of amides is 1. The molecule has 0 aliphatic carbocycles. The number of benzene rings is 2. The number of hydrogen-bond acceptors (Lipinski definition) is 6. The van der Waals surface area contributed by atoms with Gasteiger partial charge in [0.15, 0.2) is 18.2 Å². The second-order valence-electron chi connectivity index (χ2n) is 7.06.